The van der Waals surface area contributed by atoms with Gasteiger partial charge in [0.05, 0.1) is 5.56 Å². The number of carbonyl (C=O) groups excluding carboxylic acids is 1. The molecule has 0 saturated heterocycles. The van der Waals surface area contributed by atoms with Gasteiger partial charge < -0.3 is 9.47 Å². The second kappa shape index (κ2) is 6.74. The molecule has 6 nitrogen and oxygen atoms in total. The van der Waals surface area contributed by atoms with Gasteiger partial charge in [-0.15, -0.1) is 0 Å². The molecule has 116 valence electrons. The predicted octanol–water partition coefficient (Wildman–Crippen LogP) is 2.55. The van der Waals surface area contributed by atoms with Crippen LogP contribution in [0.1, 0.15) is 21.6 Å². The van der Waals surface area contributed by atoms with Gasteiger partial charge >= 0.3 is 0 Å². The summed E-state index contributed by atoms with van der Waals surface area (Å²) in [6.07, 6.45) is 6.60. The molecule has 23 heavy (non-hydrogen) atoms. The van der Waals surface area contributed by atoms with Crippen LogP contribution in [0.15, 0.2) is 47.7 Å². The molecule has 0 saturated carbocycles. The highest BCUT2D eigenvalue weighted by Gasteiger charge is 2.11. The van der Waals surface area contributed by atoms with E-state index in [-0.39, 0.29) is 12.7 Å². The van der Waals surface area contributed by atoms with Gasteiger partial charge in [-0.3, -0.25) is 9.78 Å². The highest BCUT2D eigenvalue weighted by Crippen LogP contribution is 2.32. The molecule has 0 bridgehead atoms. The highest BCUT2D eigenvalue weighted by atomic mass is 16.7. The molecule has 1 aliphatic heterocycles. The summed E-state index contributed by atoms with van der Waals surface area (Å²) in [5.41, 5.74) is 4.72. The van der Waals surface area contributed by atoms with Crippen LogP contribution in [0.2, 0.25) is 0 Å². The van der Waals surface area contributed by atoms with E-state index < -0.39 is 0 Å². The largest absolute Gasteiger partial charge is 0.454 e. The molecular formula is C17H15N3O3. The molecule has 1 N–H and O–H groups in total. The summed E-state index contributed by atoms with van der Waals surface area (Å²) in [5, 5.41) is 3.86. The Labute approximate surface area is 133 Å². The molecule has 2 aromatic rings. The Morgan fingerprint density at radius 1 is 1.26 bits per heavy atom. The van der Waals surface area contributed by atoms with Crippen molar-refractivity contribution < 1.29 is 14.3 Å². The summed E-state index contributed by atoms with van der Waals surface area (Å²) < 4.78 is 10.5. The standard InChI is InChI=1S/C17H15N3O3/c1-12-4-6-14(10-18-12)17(21)20-19-8-2-3-13-5-7-15-16(9-13)23-11-22-15/h2-10H,11H2,1H3,(H,20,21)/b3-2+,19-8+. The van der Waals surface area contributed by atoms with Crippen LogP contribution in [-0.4, -0.2) is 23.9 Å². The maximum Gasteiger partial charge on any atom is 0.272 e. The molecule has 0 radical (unpaired) electrons. The molecule has 1 amide bonds. The Bertz CT molecular complexity index is 767. The van der Waals surface area contributed by atoms with E-state index >= 15 is 0 Å². The maximum absolute atomic E-state index is 11.8. The molecular weight excluding hydrogens is 294 g/mol. The molecule has 3 rings (SSSR count). The molecule has 0 aliphatic carbocycles. The lowest BCUT2D eigenvalue weighted by Gasteiger charge is -1.99. The summed E-state index contributed by atoms with van der Waals surface area (Å²) >= 11 is 0. The molecule has 1 aliphatic rings. The van der Waals surface area contributed by atoms with E-state index in [1.165, 1.54) is 12.4 Å². The number of rotatable bonds is 4. The Hall–Kier alpha value is -3.15. The lowest BCUT2D eigenvalue weighted by atomic mass is 10.2. The van der Waals surface area contributed by atoms with Gasteiger partial charge in [-0.2, -0.15) is 5.10 Å². The average Bonchev–Trinajstić information content (AvgIpc) is 3.02. The fourth-order valence-corrected chi connectivity index (χ4v) is 1.98. The van der Waals surface area contributed by atoms with E-state index in [0.29, 0.717) is 5.56 Å². The number of benzene rings is 1. The molecule has 1 aromatic carbocycles. The Kier molecular flexibility index (Phi) is 4.33. The number of nitrogens with one attached hydrogen (secondary N) is 1. The second-order valence-corrected chi connectivity index (χ2v) is 4.88. The number of fused-ring (bicyclic) bond motifs is 1. The summed E-state index contributed by atoms with van der Waals surface area (Å²) in [6, 6.07) is 9.12. The fourth-order valence-electron chi connectivity index (χ4n) is 1.98. The number of hydrogen-bond acceptors (Lipinski definition) is 5. The molecule has 0 unspecified atom stereocenters. The minimum atomic E-state index is -0.301. The lowest BCUT2D eigenvalue weighted by molar-refractivity contribution is 0.0955. The van der Waals surface area contributed by atoms with Crippen LogP contribution < -0.4 is 14.9 Å². The first-order valence-electron chi connectivity index (χ1n) is 7.05. The van der Waals surface area contributed by atoms with Crippen molar-refractivity contribution in [2.45, 2.75) is 6.92 Å². The van der Waals surface area contributed by atoms with Gasteiger partial charge in [-0.25, -0.2) is 5.43 Å². The monoisotopic (exact) mass is 309 g/mol. The van der Waals surface area contributed by atoms with Crippen LogP contribution in [0.3, 0.4) is 0 Å². The summed E-state index contributed by atoms with van der Waals surface area (Å²) in [5.74, 6) is 1.17. The van der Waals surface area contributed by atoms with Gasteiger partial charge in [0.15, 0.2) is 11.5 Å². The number of nitrogens with zero attached hydrogens (tertiary/aromatic N) is 2. The maximum atomic E-state index is 11.8. The van der Waals surface area contributed by atoms with Crippen molar-refractivity contribution >= 4 is 18.2 Å². The van der Waals surface area contributed by atoms with E-state index in [2.05, 4.69) is 15.5 Å². The minimum absolute atomic E-state index is 0.254. The SMILES string of the molecule is Cc1ccc(C(=O)N/N=C/C=C/c2ccc3c(c2)OCO3)cn1. The van der Waals surface area contributed by atoms with Crippen molar-refractivity contribution in [3.63, 3.8) is 0 Å². The van der Waals surface area contributed by atoms with Gasteiger partial charge in [0, 0.05) is 18.1 Å². The van der Waals surface area contributed by atoms with E-state index in [0.717, 1.165) is 22.8 Å². The third-order valence-electron chi connectivity index (χ3n) is 3.19. The zero-order chi connectivity index (χ0) is 16.1. The minimum Gasteiger partial charge on any atom is -0.454 e. The number of carbonyl (C=O) groups is 1. The highest BCUT2D eigenvalue weighted by molar-refractivity contribution is 5.94. The third kappa shape index (κ3) is 3.74. The molecule has 2 heterocycles. The van der Waals surface area contributed by atoms with Crippen LogP contribution in [0.4, 0.5) is 0 Å². The lowest BCUT2D eigenvalue weighted by Crippen LogP contribution is -2.17. The van der Waals surface area contributed by atoms with Crippen LogP contribution in [0, 0.1) is 6.92 Å². The van der Waals surface area contributed by atoms with E-state index in [1.807, 2.05) is 31.2 Å². The fraction of sp³-hybridized carbons (Fsp3) is 0.118. The van der Waals surface area contributed by atoms with Crippen LogP contribution in [0.25, 0.3) is 6.08 Å². The van der Waals surface area contributed by atoms with Crippen LogP contribution in [-0.2, 0) is 0 Å². The summed E-state index contributed by atoms with van der Waals surface area (Å²) in [7, 11) is 0. The first-order valence-corrected chi connectivity index (χ1v) is 7.05. The zero-order valence-corrected chi connectivity index (χ0v) is 12.5. The van der Waals surface area contributed by atoms with E-state index in [1.54, 1.807) is 18.2 Å². The van der Waals surface area contributed by atoms with Gasteiger partial charge in [-0.05, 0) is 42.8 Å². The third-order valence-corrected chi connectivity index (χ3v) is 3.19. The van der Waals surface area contributed by atoms with E-state index in [4.69, 9.17) is 9.47 Å². The Morgan fingerprint density at radius 3 is 2.96 bits per heavy atom. The first-order chi connectivity index (χ1) is 11.2. The number of aromatic nitrogens is 1. The van der Waals surface area contributed by atoms with Gasteiger partial charge in [0.2, 0.25) is 6.79 Å². The van der Waals surface area contributed by atoms with Gasteiger partial charge in [0.1, 0.15) is 0 Å². The smallest absolute Gasteiger partial charge is 0.272 e. The van der Waals surface area contributed by atoms with Gasteiger partial charge in [-0.1, -0.05) is 12.1 Å². The first kappa shape index (κ1) is 14.8. The molecule has 0 atom stereocenters. The number of hydrazone groups is 1. The Morgan fingerprint density at radius 2 is 2.13 bits per heavy atom. The molecule has 0 fully saturated rings. The van der Waals surface area contributed by atoms with Crippen molar-refractivity contribution in [2.24, 2.45) is 5.10 Å². The van der Waals surface area contributed by atoms with Crippen molar-refractivity contribution in [3.05, 3.63) is 59.4 Å². The van der Waals surface area contributed by atoms with E-state index in [9.17, 15) is 4.79 Å². The van der Waals surface area contributed by atoms with Gasteiger partial charge in [0.25, 0.3) is 5.91 Å². The predicted molar refractivity (Wildman–Crippen MR) is 86.5 cm³/mol. The van der Waals surface area contributed by atoms with Crippen molar-refractivity contribution in [3.8, 4) is 11.5 Å². The van der Waals surface area contributed by atoms with Crippen LogP contribution in [0.5, 0.6) is 11.5 Å². The summed E-state index contributed by atoms with van der Waals surface area (Å²) in [4.78, 5) is 15.9. The molecule has 6 heteroatoms. The second-order valence-electron chi connectivity index (χ2n) is 4.88. The average molecular weight is 309 g/mol. The number of amides is 1. The quantitative estimate of drug-likeness (QED) is 0.696. The zero-order valence-electron chi connectivity index (χ0n) is 12.5. The Balaban J connectivity index is 1.54. The number of hydrogen-bond donors (Lipinski definition) is 1. The number of ether oxygens (including phenoxy) is 2. The number of aryl methyl sites for hydroxylation is 1. The molecule has 1 aromatic heterocycles. The molecule has 0 spiro atoms. The van der Waals surface area contributed by atoms with Crippen LogP contribution >= 0.6 is 0 Å². The van der Waals surface area contributed by atoms with Crippen molar-refractivity contribution in [2.75, 3.05) is 6.79 Å². The number of pyridine rings is 1. The summed E-state index contributed by atoms with van der Waals surface area (Å²) in [6.45, 7) is 2.12. The van der Waals surface area contributed by atoms with Crippen molar-refractivity contribution in [1.29, 1.82) is 0 Å². The number of allylic oxidation sites excluding steroid dienone is 1. The topological polar surface area (TPSA) is 72.8 Å². The van der Waals surface area contributed by atoms with Crippen molar-refractivity contribution in [1.82, 2.24) is 10.4 Å². The normalized spacial score (nSPS) is 12.9.